The van der Waals surface area contributed by atoms with E-state index in [1.54, 1.807) is 23.8 Å². The summed E-state index contributed by atoms with van der Waals surface area (Å²) in [5, 5.41) is 13.3. The molecule has 3 aliphatic rings. The summed E-state index contributed by atoms with van der Waals surface area (Å²) in [6.07, 6.45) is -1.95. The van der Waals surface area contributed by atoms with Gasteiger partial charge in [-0.1, -0.05) is 0 Å². The van der Waals surface area contributed by atoms with Gasteiger partial charge in [-0.05, 0) is 56.7 Å². The van der Waals surface area contributed by atoms with Crippen molar-refractivity contribution in [3.8, 4) is 5.75 Å². The summed E-state index contributed by atoms with van der Waals surface area (Å²) >= 11 is 0. The molecule has 3 heterocycles. The first kappa shape index (κ1) is 24.5. The second kappa shape index (κ2) is 8.75. The van der Waals surface area contributed by atoms with Crippen molar-refractivity contribution in [2.75, 3.05) is 41.9 Å². The van der Waals surface area contributed by atoms with Crippen LogP contribution >= 0.6 is 0 Å². The van der Waals surface area contributed by atoms with Gasteiger partial charge in [0.15, 0.2) is 5.82 Å². The smallest absolute Gasteiger partial charge is 0.420 e. The Labute approximate surface area is 205 Å². The molecule has 0 unspecified atom stereocenters. The molecule has 1 aliphatic carbocycles. The lowest BCUT2D eigenvalue weighted by Gasteiger charge is -2.48. The number of anilines is 3. The van der Waals surface area contributed by atoms with E-state index < -0.39 is 23.1 Å². The van der Waals surface area contributed by atoms with E-state index in [9.17, 15) is 27.5 Å². The van der Waals surface area contributed by atoms with Crippen molar-refractivity contribution in [3.05, 3.63) is 35.3 Å². The number of aliphatic hydroxyl groups excluding tert-OH is 1. The number of halogens is 4. The van der Waals surface area contributed by atoms with Gasteiger partial charge in [0.05, 0.1) is 18.9 Å². The molecule has 2 aliphatic heterocycles. The summed E-state index contributed by atoms with van der Waals surface area (Å²) < 4.78 is 58.2. The molecule has 2 aromatic rings. The van der Waals surface area contributed by atoms with Gasteiger partial charge in [0.2, 0.25) is 5.95 Å². The number of aryl methyl sites for hydroxylation is 1. The highest BCUT2D eigenvalue weighted by atomic mass is 19.4. The number of likely N-dealkylation sites (N-methyl/N-ethyl adjacent to an activating group) is 1. The van der Waals surface area contributed by atoms with Crippen LogP contribution < -0.4 is 19.9 Å². The van der Waals surface area contributed by atoms with E-state index in [4.69, 9.17) is 4.74 Å². The van der Waals surface area contributed by atoms with Crippen molar-refractivity contribution in [1.82, 2.24) is 9.97 Å². The van der Waals surface area contributed by atoms with Crippen LogP contribution in [0.4, 0.5) is 35.0 Å². The molecule has 12 heteroatoms. The van der Waals surface area contributed by atoms with E-state index >= 15 is 0 Å². The number of amides is 1. The number of benzene rings is 1. The van der Waals surface area contributed by atoms with Gasteiger partial charge >= 0.3 is 6.18 Å². The van der Waals surface area contributed by atoms with Crippen LogP contribution in [0.5, 0.6) is 5.75 Å². The van der Waals surface area contributed by atoms with E-state index in [2.05, 4.69) is 15.3 Å². The Morgan fingerprint density at radius 1 is 1.28 bits per heavy atom. The highest BCUT2D eigenvalue weighted by Crippen LogP contribution is 2.43. The number of carbonyl (C=O) groups excluding carboxylic acids is 1. The summed E-state index contributed by atoms with van der Waals surface area (Å²) in [6, 6.07) is 2.40. The molecule has 2 N–H and O–H groups in total. The number of carbonyl (C=O) groups is 1. The average Bonchev–Trinajstić information content (AvgIpc) is 2.82. The summed E-state index contributed by atoms with van der Waals surface area (Å²) in [5.41, 5.74) is -0.796. The van der Waals surface area contributed by atoms with Gasteiger partial charge in [0, 0.05) is 19.6 Å². The third-order valence-corrected chi connectivity index (χ3v) is 7.37. The van der Waals surface area contributed by atoms with E-state index in [0.717, 1.165) is 24.2 Å². The zero-order valence-electron chi connectivity index (χ0n) is 19.9. The standard InChI is InChI=1S/C24H27F4N5O3/c1-23(12-34)21(35)33-7-3-4-17-19(33)20(32(23)2)31-22(30-17)29-15-8-13(9-15)11-36-18-6-5-14(25)10-16(18)24(26,27)28/h5-6,10,13,15,34H,3-4,7-9,11-12H2,1-2H3,(H,29,30,31)/t13?,15?,23-/m0/s1. The van der Waals surface area contributed by atoms with Crippen LogP contribution in [0, 0.1) is 11.7 Å². The molecule has 194 valence electrons. The molecular formula is C24H27F4N5O3. The fraction of sp³-hybridized carbons (Fsp3) is 0.542. The van der Waals surface area contributed by atoms with E-state index in [-0.39, 0.29) is 36.8 Å². The second-order valence-electron chi connectivity index (χ2n) is 9.85. The molecule has 8 nitrogen and oxygen atoms in total. The molecule has 5 rings (SSSR count). The molecule has 0 bridgehead atoms. The maximum atomic E-state index is 13.3. The first-order valence-corrected chi connectivity index (χ1v) is 11.8. The number of alkyl halides is 3. The zero-order valence-corrected chi connectivity index (χ0v) is 19.9. The molecule has 36 heavy (non-hydrogen) atoms. The van der Waals surface area contributed by atoms with Crippen LogP contribution in [-0.4, -0.2) is 59.4 Å². The lowest BCUT2D eigenvalue weighted by molar-refractivity contribution is -0.139. The van der Waals surface area contributed by atoms with Crippen molar-refractivity contribution in [3.63, 3.8) is 0 Å². The van der Waals surface area contributed by atoms with Gasteiger partial charge in [-0.25, -0.2) is 9.37 Å². The minimum Gasteiger partial charge on any atom is -0.493 e. The molecule has 0 saturated heterocycles. The van der Waals surface area contributed by atoms with Crippen molar-refractivity contribution in [1.29, 1.82) is 0 Å². The predicted molar refractivity (Wildman–Crippen MR) is 124 cm³/mol. The zero-order chi connectivity index (χ0) is 25.8. The van der Waals surface area contributed by atoms with Gasteiger partial charge in [0.25, 0.3) is 5.91 Å². The number of ether oxygens (including phenoxy) is 1. The quantitative estimate of drug-likeness (QED) is 0.577. The summed E-state index contributed by atoms with van der Waals surface area (Å²) in [6.45, 7) is 1.96. The Morgan fingerprint density at radius 3 is 2.72 bits per heavy atom. The summed E-state index contributed by atoms with van der Waals surface area (Å²) in [5.74, 6) is -0.515. The van der Waals surface area contributed by atoms with Crippen molar-refractivity contribution in [2.24, 2.45) is 5.92 Å². The molecule has 1 aromatic heterocycles. The predicted octanol–water partition coefficient (Wildman–Crippen LogP) is 3.38. The number of hydrogen-bond acceptors (Lipinski definition) is 7. The average molecular weight is 510 g/mol. The van der Waals surface area contributed by atoms with Crippen LogP contribution in [0.3, 0.4) is 0 Å². The molecule has 1 amide bonds. The van der Waals surface area contributed by atoms with E-state index in [1.807, 2.05) is 0 Å². The Balaban J connectivity index is 1.25. The molecule has 1 atom stereocenters. The molecule has 0 spiro atoms. The lowest BCUT2D eigenvalue weighted by Crippen LogP contribution is -2.64. The number of hydrogen-bond donors (Lipinski definition) is 2. The first-order valence-electron chi connectivity index (χ1n) is 11.8. The number of nitrogens with one attached hydrogen (secondary N) is 1. The monoisotopic (exact) mass is 509 g/mol. The maximum Gasteiger partial charge on any atom is 0.420 e. The second-order valence-corrected chi connectivity index (χ2v) is 9.85. The molecule has 1 fully saturated rings. The highest BCUT2D eigenvalue weighted by molar-refractivity contribution is 6.08. The fourth-order valence-electron chi connectivity index (χ4n) is 5.03. The topological polar surface area (TPSA) is 90.8 Å². The molecule has 0 radical (unpaired) electrons. The van der Waals surface area contributed by atoms with Crippen molar-refractivity contribution in [2.45, 2.75) is 50.4 Å². The highest BCUT2D eigenvalue weighted by Gasteiger charge is 2.49. The number of rotatable bonds is 6. The SMILES string of the molecule is CN1c2nc(NC3CC(COc4ccc(F)cc4C(F)(F)F)C3)nc3c2N(CCC3)C(=O)[C@]1(C)CO. The Bertz CT molecular complexity index is 1190. The Hall–Kier alpha value is -3.15. The number of nitrogens with zero attached hydrogens (tertiary/aromatic N) is 4. The normalized spacial score (nSPS) is 25.4. The van der Waals surface area contributed by atoms with Gasteiger partial charge in [-0.15, -0.1) is 0 Å². The Morgan fingerprint density at radius 2 is 2.03 bits per heavy atom. The van der Waals surface area contributed by atoms with E-state index in [0.29, 0.717) is 49.3 Å². The Kier molecular flexibility index (Phi) is 5.97. The van der Waals surface area contributed by atoms with Crippen LogP contribution in [0.15, 0.2) is 18.2 Å². The minimum absolute atomic E-state index is 0.0126. The number of aromatic nitrogens is 2. The van der Waals surface area contributed by atoms with Gasteiger partial charge in [0.1, 0.15) is 28.4 Å². The first-order chi connectivity index (χ1) is 17.0. The fourth-order valence-corrected chi connectivity index (χ4v) is 5.03. The van der Waals surface area contributed by atoms with Crippen LogP contribution in [0.2, 0.25) is 0 Å². The van der Waals surface area contributed by atoms with Crippen molar-refractivity contribution >= 4 is 23.4 Å². The molecular weight excluding hydrogens is 482 g/mol. The minimum atomic E-state index is -4.70. The maximum absolute atomic E-state index is 13.3. The van der Waals surface area contributed by atoms with Gasteiger partial charge in [-0.2, -0.15) is 18.2 Å². The van der Waals surface area contributed by atoms with Gasteiger partial charge < -0.3 is 25.0 Å². The molecule has 1 saturated carbocycles. The van der Waals surface area contributed by atoms with Crippen LogP contribution in [0.1, 0.15) is 37.4 Å². The summed E-state index contributed by atoms with van der Waals surface area (Å²) in [7, 11) is 1.73. The third kappa shape index (κ3) is 4.10. The van der Waals surface area contributed by atoms with E-state index in [1.165, 1.54) is 0 Å². The number of aliphatic hydroxyl groups is 1. The van der Waals surface area contributed by atoms with Crippen LogP contribution in [0.25, 0.3) is 0 Å². The summed E-state index contributed by atoms with van der Waals surface area (Å²) in [4.78, 5) is 25.7. The van der Waals surface area contributed by atoms with Crippen LogP contribution in [-0.2, 0) is 17.4 Å². The van der Waals surface area contributed by atoms with Crippen molar-refractivity contribution < 1.29 is 32.2 Å². The lowest BCUT2D eigenvalue weighted by atomic mass is 9.81. The third-order valence-electron chi connectivity index (χ3n) is 7.37. The van der Waals surface area contributed by atoms with Gasteiger partial charge in [-0.3, -0.25) is 4.79 Å². The molecule has 1 aromatic carbocycles. The largest absolute Gasteiger partial charge is 0.493 e.